The molecule has 200 valence electrons. The van der Waals surface area contributed by atoms with Gasteiger partial charge < -0.3 is 16.8 Å². The van der Waals surface area contributed by atoms with Crippen LogP contribution in [-0.2, 0) is 17.5 Å². The van der Waals surface area contributed by atoms with E-state index in [-0.39, 0.29) is 23.8 Å². The molecule has 1 atom stereocenters. The highest BCUT2D eigenvalue weighted by atomic mass is 19.4. The van der Waals surface area contributed by atoms with Crippen LogP contribution in [-0.4, -0.2) is 21.6 Å². The number of alkyl halides is 3. The van der Waals surface area contributed by atoms with Gasteiger partial charge in [-0.2, -0.15) is 18.3 Å². The second-order valence-electron chi connectivity index (χ2n) is 9.64. The molecular formula is C29H26F3N5O2. The number of amides is 2. The highest BCUT2D eigenvalue weighted by Gasteiger charge is 2.55. The molecule has 1 aliphatic rings. The van der Waals surface area contributed by atoms with Crippen molar-refractivity contribution in [2.24, 2.45) is 16.9 Å². The van der Waals surface area contributed by atoms with Gasteiger partial charge in [0.1, 0.15) is 5.69 Å². The van der Waals surface area contributed by atoms with Crippen molar-refractivity contribution < 1.29 is 22.8 Å². The average molecular weight is 534 g/mol. The number of carbonyl (C=O) groups excluding carboxylic acids is 2. The van der Waals surface area contributed by atoms with Gasteiger partial charge in [-0.1, -0.05) is 54.6 Å². The lowest BCUT2D eigenvalue weighted by atomic mass is 9.77. The van der Waals surface area contributed by atoms with Gasteiger partial charge in [0.15, 0.2) is 5.69 Å². The fraction of sp³-hybridized carbons (Fsp3) is 0.207. The molecule has 1 unspecified atom stereocenters. The maximum atomic E-state index is 13.6. The molecule has 39 heavy (non-hydrogen) atoms. The SMILES string of the molecule is NCc1cccc(-n2nc(C(F)(F)F)cc2C(=O)Nc2cccc(C(c3ccccc3)C3(C(N)=O)CC3)c2)c1. The number of hydrogen-bond acceptors (Lipinski definition) is 4. The first-order chi connectivity index (χ1) is 18.6. The van der Waals surface area contributed by atoms with Crippen LogP contribution in [0.4, 0.5) is 18.9 Å². The van der Waals surface area contributed by atoms with E-state index in [4.69, 9.17) is 11.5 Å². The Balaban J connectivity index is 1.51. The van der Waals surface area contributed by atoms with Crippen molar-refractivity contribution in [3.8, 4) is 5.69 Å². The minimum Gasteiger partial charge on any atom is -0.369 e. The van der Waals surface area contributed by atoms with E-state index in [0.29, 0.717) is 30.2 Å². The minimum absolute atomic E-state index is 0.172. The summed E-state index contributed by atoms with van der Waals surface area (Å²) in [7, 11) is 0. The lowest BCUT2D eigenvalue weighted by molar-refractivity contribution is -0.141. The molecule has 3 aromatic carbocycles. The topological polar surface area (TPSA) is 116 Å². The van der Waals surface area contributed by atoms with Crippen LogP contribution in [0.15, 0.2) is 84.9 Å². The third kappa shape index (κ3) is 5.15. The summed E-state index contributed by atoms with van der Waals surface area (Å²) >= 11 is 0. The third-order valence-electron chi connectivity index (χ3n) is 7.07. The molecule has 0 aliphatic heterocycles. The fourth-order valence-corrected chi connectivity index (χ4v) is 4.97. The summed E-state index contributed by atoms with van der Waals surface area (Å²) in [5, 5.41) is 6.38. The fourth-order valence-electron chi connectivity index (χ4n) is 4.97. The van der Waals surface area contributed by atoms with Crippen LogP contribution in [0.2, 0.25) is 0 Å². The predicted octanol–water partition coefficient (Wildman–Crippen LogP) is 5.00. The lowest BCUT2D eigenvalue weighted by Crippen LogP contribution is -2.31. The Hall–Kier alpha value is -4.44. The summed E-state index contributed by atoms with van der Waals surface area (Å²) in [5.74, 6) is -1.51. The Morgan fingerprint density at radius 3 is 2.28 bits per heavy atom. The maximum Gasteiger partial charge on any atom is 0.435 e. The largest absolute Gasteiger partial charge is 0.435 e. The molecule has 1 heterocycles. The number of hydrogen-bond donors (Lipinski definition) is 3. The van der Waals surface area contributed by atoms with Gasteiger partial charge in [-0.3, -0.25) is 9.59 Å². The zero-order valence-corrected chi connectivity index (χ0v) is 20.8. The second kappa shape index (κ2) is 10.0. The Labute approximate surface area is 222 Å². The Morgan fingerprint density at radius 2 is 1.64 bits per heavy atom. The van der Waals surface area contributed by atoms with Gasteiger partial charge in [-0.15, -0.1) is 0 Å². The van der Waals surface area contributed by atoms with Gasteiger partial charge in [0, 0.05) is 24.2 Å². The van der Waals surface area contributed by atoms with Gasteiger partial charge in [-0.05, 0) is 53.8 Å². The number of aromatic nitrogens is 2. The monoisotopic (exact) mass is 533 g/mol. The summed E-state index contributed by atoms with van der Waals surface area (Å²) in [6, 6.07) is 23.6. The first-order valence-corrected chi connectivity index (χ1v) is 12.4. The molecule has 0 spiro atoms. The molecule has 1 aromatic heterocycles. The van der Waals surface area contributed by atoms with Crippen LogP contribution in [0.5, 0.6) is 0 Å². The van der Waals surface area contributed by atoms with Crippen molar-refractivity contribution in [2.75, 3.05) is 5.32 Å². The number of nitrogens with two attached hydrogens (primary N) is 2. The van der Waals surface area contributed by atoms with Crippen LogP contribution in [0.25, 0.3) is 5.69 Å². The van der Waals surface area contributed by atoms with Crippen LogP contribution >= 0.6 is 0 Å². The van der Waals surface area contributed by atoms with E-state index >= 15 is 0 Å². The van der Waals surface area contributed by atoms with E-state index in [0.717, 1.165) is 15.8 Å². The van der Waals surface area contributed by atoms with E-state index in [1.165, 1.54) is 0 Å². The maximum absolute atomic E-state index is 13.6. The zero-order valence-electron chi connectivity index (χ0n) is 20.8. The van der Waals surface area contributed by atoms with Gasteiger partial charge in [0.25, 0.3) is 5.91 Å². The summed E-state index contributed by atoms with van der Waals surface area (Å²) < 4.78 is 41.6. The van der Waals surface area contributed by atoms with E-state index < -0.39 is 29.1 Å². The van der Waals surface area contributed by atoms with Crippen molar-refractivity contribution in [2.45, 2.75) is 31.5 Å². The van der Waals surface area contributed by atoms with E-state index in [1.807, 2.05) is 36.4 Å². The molecule has 5 N–H and O–H groups in total. The number of nitrogens with one attached hydrogen (secondary N) is 1. The van der Waals surface area contributed by atoms with Gasteiger partial charge >= 0.3 is 6.18 Å². The molecule has 10 heteroatoms. The van der Waals surface area contributed by atoms with Crippen molar-refractivity contribution in [3.05, 3.63) is 113 Å². The van der Waals surface area contributed by atoms with E-state index in [2.05, 4.69) is 10.4 Å². The molecule has 0 radical (unpaired) electrons. The van der Waals surface area contributed by atoms with Gasteiger partial charge in [0.05, 0.1) is 11.1 Å². The second-order valence-corrected chi connectivity index (χ2v) is 9.64. The summed E-state index contributed by atoms with van der Waals surface area (Å²) in [4.78, 5) is 25.8. The Bertz CT molecular complexity index is 1530. The quantitative estimate of drug-likeness (QED) is 0.296. The number of halogens is 3. The number of benzene rings is 3. The van der Waals surface area contributed by atoms with Gasteiger partial charge in [0.2, 0.25) is 5.91 Å². The molecule has 0 saturated heterocycles. The molecule has 2 amide bonds. The van der Waals surface area contributed by atoms with Crippen molar-refractivity contribution >= 4 is 17.5 Å². The molecule has 4 aromatic rings. The molecular weight excluding hydrogens is 507 g/mol. The van der Waals surface area contributed by atoms with E-state index in [1.54, 1.807) is 42.5 Å². The molecule has 5 rings (SSSR count). The molecule has 0 bridgehead atoms. The van der Waals surface area contributed by atoms with E-state index in [9.17, 15) is 22.8 Å². The van der Waals surface area contributed by atoms with Crippen LogP contribution < -0.4 is 16.8 Å². The van der Waals surface area contributed by atoms with Gasteiger partial charge in [-0.25, -0.2) is 4.68 Å². The molecule has 1 aliphatic carbocycles. The zero-order chi connectivity index (χ0) is 27.8. The number of rotatable bonds is 8. The summed E-state index contributed by atoms with van der Waals surface area (Å²) in [6.07, 6.45) is -3.47. The summed E-state index contributed by atoms with van der Waals surface area (Å²) in [5.41, 5.74) is 12.2. The number of primary amides is 1. The highest BCUT2D eigenvalue weighted by Crippen LogP contribution is 2.58. The van der Waals surface area contributed by atoms with Crippen molar-refractivity contribution in [1.29, 1.82) is 0 Å². The smallest absolute Gasteiger partial charge is 0.369 e. The van der Waals surface area contributed by atoms with Crippen molar-refractivity contribution in [1.82, 2.24) is 9.78 Å². The standard InChI is InChI=1S/C29H26F3N5O2/c30-29(31,32)24-16-23(37(36-24)22-11-4-6-18(14-22)17-33)26(38)35-21-10-5-9-20(15-21)25(19-7-2-1-3-8-19)28(12-13-28)27(34)39/h1-11,14-16,25H,12-13,17,33H2,(H2,34,39)(H,35,38). The average Bonchev–Trinajstić information content (AvgIpc) is 3.58. The first kappa shape index (κ1) is 26.2. The van der Waals surface area contributed by atoms with Crippen LogP contribution in [0, 0.1) is 5.41 Å². The Kier molecular flexibility index (Phi) is 6.73. The molecule has 1 fully saturated rings. The van der Waals surface area contributed by atoms with Crippen LogP contribution in [0.1, 0.15) is 51.6 Å². The Morgan fingerprint density at radius 1 is 0.949 bits per heavy atom. The minimum atomic E-state index is -4.75. The molecule has 1 saturated carbocycles. The third-order valence-corrected chi connectivity index (χ3v) is 7.07. The number of nitrogens with zero attached hydrogens (tertiary/aromatic N) is 2. The highest BCUT2D eigenvalue weighted by molar-refractivity contribution is 6.03. The van der Waals surface area contributed by atoms with Crippen molar-refractivity contribution in [3.63, 3.8) is 0 Å². The van der Waals surface area contributed by atoms with Crippen LogP contribution in [0.3, 0.4) is 0 Å². The number of carbonyl (C=O) groups is 2. The number of anilines is 1. The normalized spacial score (nSPS) is 15.0. The predicted molar refractivity (Wildman–Crippen MR) is 140 cm³/mol. The first-order valence-electron chi connectivity index (χ1n) is 12.4. The lowest BCUT2D eigenvalue weighted by Gasteiger charge is -2.26. The molecule has 7 nitrogen and oxygen atoms in total. The summed E-state index contributed by atoms with van der Waals surface area (Å²) in [6.45, 7) is 0.172.